The minimum Gasteiger partial charge on any atom is -0.444 e. The van der Waals surface area contributed by atoms with Gasteiger partial charge in [0.25, 0.3) is 0 Å². The van der Waals surface area contributed by atoms with Crippen LogP contribution >= 0.6 is 0 Å². The second-order valence-corrected chi connectivity index (χ2v) is 20.2. The number of halogens is 4. The van der Waals surface area contributed by atoms with E-state index < -0.39 is 55.7 Å². The Morgan fingerprint density at radius 1 is 0.544 bits per heavy atom. The predicted octanol–water partition coefficient (Wildman–Crippen LogP) is 11.6. The molecule has 20 nitrogen and oxygen atoms in total. The molecule has 0 aromatic heterocycles. The standard InChI is InChI=1S/C15H20FN3O4.C15H22FN3O2.C9H18N2O2.C6H3F2NO2.C6H15N.C2H6.2CH4/c1-15(2,3)23-14(20)18-8-6-17(7-9-18)11-4-5-13(19(21)22)12(16)10-11;1-15(2,3)21-14(20)19-8-6-18(7-9-19)11-4-5-13(17)12(16)10-11;1-9(2,3)13-8(12)11-6-4-10-5-7-11;7-4-1-2-6(9(10)11)5(8)3-4;1-4-7(5-2)6-3;1-2;;/h4-5,10H,6-9H2,1-3H3;4-5,10H,6-9,17H2,1-3H3;10H,4-7H2,1-3H3;1-3H;4-6H2,1-3H3;1-2H3;2*1H4. The first-order valence-corrected chi connectivity index (χ1v) is 25.8. The summed E-state index contributed by atoms with van der Waals surface area (Å²) >= 11 is 0. The van der Waals surface area contributed by atoms with Crippen LogP contribution in [0.2, 0.25) is 0 Å². The number of amides is 3. The van der Waals surface area contributed by atoms with Gasteiger partial charge in [0.05, 0.1) is 15.5 Å². The van der Waals surface area contributed by atoms with E-state index >= 15 is 0 Å². The number of nitrogens with one attached hydrogen (secondary N) is 1. The van der Waals surface area contributed by atoms with Crippen LogP contribution in [-0.2, 0) is 14.2 Å². The van der Waals surface area contributed by atoms with Crippen LogP contribution in [0.1, 0.15) is 112 Å². The first-order chi connectivity index (χ1) is 35.9. The highest BCUT2D eigenvalue weighted by Gasteiger charge is 2.29. The van der Waals surface area contributed by atoms with E-state index in [1.807, 2.05) is 65.2 Å². The quantitative estimate of drug-likeness (QED) is 0.0738. The molecule has 3 aromatic rings. The lowest BCUT2D eigenvalue weighted by atomic mass is 10.2. The fourth-order valence-corrected chi connectivity index (χ4v) is 6.97. The van der Waals surface area contributed by atoms with Crippen molar-refractivity contribution >= 4 is 46.7 Å². The van der Waals surface area contributed by atoms with E-state index in [1.54, 1.807) is 47.6 Å². The lowest BCUT2D eigenvalue weighted by Crippen LogP contribution is -2.50. The summed E-state index contributed by atoms with van der Waals surface area (Å²) in [6.07, 6.45) is -0.869. The van der Waals surface area contributed by atoms with E-state index in [9.17, 15) is 52.2 Å². The lowest BCUT2D eigenvalue weighted by molar-refractivity contribution is -0.387. The van der Waals surface area contributed by atoms with Crippen LogP contribution < -0.4 is 20.9 Å². The van der Waals surface area contributed by atoms with Gasteiger partial charge in [0.1, 0.15) is 28.4 Å². The van der Waals surface area contributed by atoms with Crippen LogP contribution in [-0.4, -0.2) is 163 Å². The summed E-state index contributed by atoms with van der Waals surface area (Å²) in [6, 6.07) is 10.7. The van der Waals surface area contributed by atoms with Crippen molar-refractivity contribution in [3.8, 4) is 0 Å². The molecule has 3 aliphatic heterocycles. The number of carbonyl (C=O) groups is 3. The molecule has 3 saturated heterocycles. The average Bonchev–Trinajstić information content (AvgIpc) is 3.35. The van der Waals surface area contributed by atoms with Crippen molar-refractivity contribution in [1.29, 1.82) is 0 Å². The number of hydrogen-bond acceptors (Lipinski definition) is 15. The van der Waals surface area contributed by atoms with Crippen LogP contribution in [0.4, 0.5) is 60.4 Å². The molecule has 0 radical (unpaired) electrons. The van der Waals surface area contributed by atoms with Crippen LogP contribution in [0.25, 0.3) is 0 Å². The molecule has 3 aromatic carbocycles. The highest BCUT2D eigenvalue weighted by atomic mass is 19.1. The summed E-state index contributed by atoms with van der Waals surface area (Å²) in [7, 11) is 0. The number of carbonyl (C=O) groups excluding carboxylic acids is 3. The first kappa shape index (κ1) is 74.4. The maximum Gasteiger partial charge on any atom is 0.410 e. The van der Waals surface area contributed by atoms with Gasteiger partial charge >= 0.3 is 29.7 Å². The van der Waals surface area contributed by atoms with Gasteiger partial charge in [0.15, 0.2) is 0 Å². The maximum absolute atomic E-state index is 13.7. The highest BCUT2D eigenvalue weighted by Crippen LogP contribution is 2.26. The number of hydrogen-bond donors (Lipinski definition) is 2. The topological polar surface area (TPSA) is 223 Å². The average molecular weight is 1130 g/mol. The number of ether oxygens (including phenoxy) is 3. The zero-order valence-electron chi connectivity index (χ0n) is 47.6. The van der Waals surface area contributed by atoms with Crippen molar-refractivity contribution in [1.82, 2.24) is 24.9 Å². The molecule has 0 aliphatic carbocycles. The zero-order chi connectivity index (χ0) is 58.8. The molecule has 3 N–H and O–H groups in total. The van der Waals surface area contributed by atoms with Crippen LogP contribution in [0.5, 0.6) is 0 Å². The van der Waals surface area contributed by atoms with Crippen molar-refractivity contribution in [2.45, 2.75) is 129 Å². The van der Waals surface area contributed by atoms with Gasteiger partial charge in [-0.25, -0.2) is 23.2 Å². The Hall–Kier alpha value is -6.69. The summed E-state index contributed by atoms with van der Waals surface area (Å²) in [5.41, 5.74) is 4.29. The maximum atomic E-state index is 13.7. The fourth-order valence-electron chi connectivity index (χ4n) is 6.97. The number of anilines is 3. The predicted molar refractivity (Wildman–Crippen MR) is 306 cm³/mol. The number of piperazine rings is 3. The Balaban J connectivity index is 0. The number of nitro groups is 2. The first-order valence-electron chi connectivity index (χ1n) is 25.8. The van der Waals surface area contributed by atoms with Gasteiger partial charge in [-0.05, 0) is 112 Å². The second kappa shape index (κ2) is 35.7. The number of nitrogens with zero attached hydrogens (tertiary/aromatic N) is 8. The van der Waals surface area contributed by atoms with Gasteiger partial charge in [-0.2, -0.15) is 8.78 Å². The molecule has 0 saturated carbocycles. The number of benzene rings is 3. The SMILES string of the molecule is C.C.CC.CC(C)(C)OC(=O)N1CCN(c2ccc(N)c(F)c2)CC1.CC(C)(C)OC(=O)N1CCN(c2ccc([N+](=O)[O-])c(F)c2)CC1.CC(C)(C)OC(=O)N1CCNCC1.CCN(CC)CC.O=[N+]([O-])c1ccc(F)cc1F. The Labute approximate surface area is 466 Å². The molecule has 3 heterocycles. The normalized spacial score (nSPS) is 14.1. The Morgan fingerprint density at radius 3 is 1.15 bits per heavy atom. The third-order valence-electron chi connectivity index (χ3n) is 10.9. The highest BCUT2D eigenvalue weighted by molar-refractivity contribution is 5.70. The van der Waals surface area contributed by atoms with Gasteiger partial charge in [-0.1, -0.05) is 49.5 Å². The van der Waals surface area contributed by atoms with Crippen LogP contribution in [0.3, 0.4) is 0 Å². The third-order valence-corrected chi connectivity index (χ3v) is 10.9. The van der Waals surface area contributed by atoms with E-state index in [4.69, 9.17) is 19.9 Å². The fraction of sp³-hybridized carbons (Fsp3) is 0.618. The van der Waals surface area contributed by atoms with E-state index in [2.05, 4.69) is 31.0 Å². The monoisotopic (exact) mass is 1130 g/mol. The summed E-state index contributed by atoms with van der Waals surface area (Å²) in [5, 5.41) is 23.8. The minimum absolute atomic E-state index is 0. The van der Waals surface area contributed by atoms with Gasteiger partial charge in [0, 0.05) is 114 Å². The molecule has 24 heteroatoms. The van der Waals surface area contributed by atoms with Gasteiger partial charge in [-0.3, -0.25) is 20.2 Å². The summed E-state index contributed by atoms with van der Waals surface area (Å²) < 4.78 is 67.6. The van der Waals surface area contributed by atoms with Crippen molar-refractivity contribution in [2.75, 3.05) is 114 Å². The Bertz CT molecular complexity index is 2300. The van der Waals surface area contributed by atoms with Gasteiger partial charge in [0.2, 0.25) is 11.6 Å². The number of nitrogen functional groups attached to an aromatic ring is 1. The Morgan fingerprint density at radius 2 is 0.861 bits per heavy atom. The Kier molecular flexibility index (Phi) is 33.7. The van der Waals surface area contributed by atoms with E-state index in [1.165, 1.54) is 31.8 Å². The summed E-state index contributed by atoms with van der Waals surface area (Å²) in [4.78, 5) is 65.7. The lowest BCUT2D eigenvalue weighted by Gasteiger charge is -2.36. The molecule has 79 heavy (non-hydrogen) atoms. The van der Waals surface area contributed by atoms with E-state index in [0.29, 0.717) is 64.1 Å². The molecular formula is C55H92F4N10O10. The van der Waals surface area contributed by atoms with Crippen molar-refractivity contribution < 1.29 is 56.0 Å². The van der Waals surface area contributed by atoms with Crippen molar-refractivity contribution in [3.05, 3.63) is 98.1 Å². The molecule has 0 atom stereocenters. The molecule has 0 spiro atoms. The smallest absolute Gasteiger partial charge is 0.410 e. The molecule has 0 unspecified atom stereocenters. The number of nitrogens with two attached hydrogens (primary N) is 1. The number of nitro benzene ring substituents is 2. The van der Waals surface area contributed by atoms with Crippen LogP contribution in [0.15, 0.2) is 54.6 Å². The molecule has 0 bridgehead atoms. The molecule has 450 valence electrons. The molecular weight excluding hydrogens is 1040 g/mol. The zero-order valence-corrected chi connectivity index (χ0v) is 47.6. The molecule has 3 aliphatic rings. The molecule has 6 rings (SSSR count). The number of rotatable bonds is 7. The molecule has 3 fully saturated rings. The largest absolute Gasteiger partial charge is 0.444 e. The minimum atomic E-state index is -1.16. The summed E-state index contributed by atoms with van der Waals surface area (Å²) in [6.45, 7) is 38.3. The molecule has 3 amide bonds. The van der Waals surface area contributed by atoms with Crippen LogP contribution in [0, 0.1) is 43.5 Å². The second-order valence-electron chi connectivity index (χ2n) is 20.2. The summed E-state index contributed by atoms with van der Waals surface area (Å²) in [5.74, 6) is -3.26. The van der Waals surface area contributed by atoms with Gasteiger partial charge in [-0.15, -0.1) is 0 Å². The van der Waals surface area contributed by atoms with E-state index in [0.717, 1.165) is 56.1 Å². The van der Waals surface area contributed by atoms with Gasteiger partial charge < -0.3 is 54.7 Å². The van der Waals surface area contributed by atoms with Crippen molar-refractivity contribution in [2.24, 2.45) is 0 Å². The third kappa shape index (κ3) is 28.7. The van der Waals surface area contributed by atoms with E-state index in [-0.39, 0.29) is 44.4 Å². The van der Waals surface area contributed by atoms with Crippen molar-refractivity contribution in [3.63, 3.8) is 0 Å².